The molecule has 0 bridgehead atoms. The fraction of sp³-hybridized carbons (Fsp3) is 0.250. The molecule has 0 aliphatic heterocycles. The number of hydrogen-bond acceptors (Lipinski definition) is 5. The minimum Gasteiger partial charge on any atom is -0.441 e. The SMILES string of the molecule is [N-]=[N+]=NC[C@@H](OC(N)=O)c1ccc(Cl)c(-n2ncnc2C(F)F)c1. The van der Waals surface area contributed by atoms with Crippen LogP contribution < -0.4 is 5.73 Å². The molecule has 2 rings (SSSR count). The molecule has 24 heavy (non-hydrogen) atoms. The van der Waals surface area contributed by atoms with Crippen molar-refractivity contribution < 1.29 is 18.3 Å². The molecule has 0 unspecified atom stereocenters. The van der Waals surface area contributed by atoms with Crippen LogP contribution in [0.4, 0.5) is 13.6 Å². The highest BCUT2D eigenvalue weighted by Crippen LogP contribution is 2.29. The maximum absolute atomic E-state index is 13.0. The molecular weight excluding hydrogens is 348 g/mol. The van der Waals surface area contributed by atoms with Crippen LogP contribution in [0.2, 0.25) is 5.02 Å². The number of alkyl halides is 2. The zero-order chi connectivity index (χ0) is 17.7. The van der Waals surface area contributed by atoms with Crippen LogP contribution in [-0.2, 0) is 4.74 Å². The first-order valence-electron chi connectivity index (χ1n) is 6.39. The van der Waals surface area contributed by atoms with Gasteiger partial charge in [0, 0.05) is 4.91 Å². The first-order chi connectivity index (χ1) is 11.4. The third-order valence-electron chi connectivity index (χ3n) is 2.91. The van der Waals surface area contributed by atoms with Crippen molar-refractivity contribution in [3.63, 3.8) is 0 Å². The minimum atomic E-state index is -2.87. The minimum absolute atomic E-state index is 0.0981. The highest BCUT2D eigenvalue weighted by Gasteiger charge is 2.21. The van der Waals surface area contributed by atoms with E-state index in [1.807, 2.05) is 0 Å². The number of nitrogens with zero attached hydrogens (tertiary/aromatic N) is 6. The molecule has 0 aliphatic rings. The molecule has 0 aliphatic carbocycles. The summed E-state index contributed by atoms with van der Waals surface area (Å²) in [5.41, 5.74) is 13.8. The second-order valence-electron chi connectivity index (χ2n) is 4.38. The highest BCUT2D eigenvalue weighted by molar-refractivity contribution is 6.32. The second kappa shape index (κ2) is 7.57. The summed E-state index contributed by atoms with van der Waals surface area (Å²) in [4.78, 5) is 17.0. The highest BCUT2D eigenvalue weighted by atomic mass is 35.5. The largest absolute Gasteiger partial charge is 0.441 e. The molecule has 12 heteroatoms. The normalized spacial score (nSPS) is 11.8. The number of carbonyl (C=O) groups is 1. The molecule has 9 nitrogen and oxygen atoms in total. The van der Waals surface area contributed by atoms with Crippen LogP contribution in [0.1, 0.15) is 23.9 Å². The maximum atomic E-state index is 13.0. The van der Waals surface area contributed by atoms with Crippen LogP contribution in [0.5, 0.6) is 0 Å². The van der Waals surface area contributed by atoms with E-state index in [1.165, 1.54) is 18.2 Å². The smallest absolute Gasteiger partial charge is 0.405 e. The van der Waals surface area contributed by atoms with Gasteiger partial charge >= 0.3 is 6.09 Å². The third-order valence-corrected chi connectivity index (χ3v) is 3.23. The van der Waals surface area contributed by atoms with E-state index in [9.17, 15) is 13.6 Å². The molecule has 1 aromatic carbocycles. The molecule has 0 radical (unpaired) electrons. The van der Waals surface area contributed by atoms with Gasteiger partial charge in [-0.1, -0.05) is 22.8 Å². The lowest BCUT2D eigenvalue weighted by molar-refractivity contribution is 0.111. The molecule has 0 saturated heterocycles. The number of azide groups is 1. The van der Waals surface area contributed by atoms with Gasteiger partial charge in [-0.15, -0.1) is 0 Å². The van der Waals surface area contributed by atoms with Gasteiger partial charge in [-0.25, -0.2) is 23.2 Å². The number of primary amides is 1. The average Bonchev–Trinajstić information content (AvgIpc) is 3.01. The van der Waals surface area contributed by atoms with Crippen LogP contribution in [0, 0.1) is 0 Å². The number of nitrogens with two attached hydrogens (primary N) is 1. The van der Waals surface area contributed by atoms with Crippen molar-refractivity contribution >= 4 is 17.7 Å². The Kier molecular flexibility index (Phi) is 5.51. The van der Waals surface area contributed by atoms with Gasteiger partial charge in [0.25, 0.3) is 6.43 Å². The Labute approximate surface area is 138 Å². The molecule has 2 aromatic rings. The number of ether oxygens (including phenoxy) is 1. The number of aromatic nitrogens is 3. The van der Waals surface area contributed by atoms with Crippen LogP contribution >= 0.6 is 11.6 Å². The fourth-order valence-electron chi connectivity index (χ4n) is 1.94. The van der Waals surface area contributed by atoms with E-state index in [1.54, 1.807) is 0 Å². The van der Waals surface area contributed by atoms with Crippen molar-refractivity contribution in [2.75, 3.05) is 6.54 Å². The summed E-state index contributed by atoms with van der Waals surface area (Å²) in [7, 11) is 0. The van der Waals surface area contributed by atoms with Crippen molar-refractivity contribution in [1.29, 1.82) is 0 Å². The maximum Gasteiger partial charge on any atom is 0.405 e. The Morgan fingerprint density at radius 1 is 1.54 bits per heavy atom. The van der Waals surface area contributed by atoms with E-state index < -0.39 is 24.4 Å². The van der Waals surface area contributed by atoms with Crippen molar-refractivity contribution in [3.8, 4) is 5.69 Å². The van der Waals surface area contributed by atoms with Crippen molar-refractivity contribution in [3.05, 3.63) is 51.4 Å². The number of halogens is 3. The van der Waals surface area contributed by atoms with Crippen LogP contribution in [0.25, 0.3) is 16.1 Å². The second-order valence-corrected chi connectivity index (χ2v) is 4.79. The van der Waals surface area contributed by atoms with Gasteiger partial charge in [0.15, 0.2) is 5.82 Å². The third kappa shape index (κ3) is 3.89. The summed E-state index contributed by atoms with van der Waals surface area (Å²) >= 11 is 6.03. The van der Waals surface area contributed by atoms with Gasteiger partial charge in [-0.2, -0.15) is 5.10 Å². The molecule has 1 atom stereocenters. The van der Waals surface area contributed by atoms with Gasteiger partial charge in [-0.05, 0) is 23.2 Å². The van der Waals surface area contributed by atoms with Gasteiger partial charge in [0.2, 0.25) is 0 Å². The Hall–Kier alpha value is -2.91. The quantitative estimate of drug-likeness (QED) is 0.482. The zero-order valence-electron chi connectivity index (χ0n) is 11.9. The fourth-order valence-corrected chi connectivity index (χ4v) is 2.14. The molecule has 1 amide bonds. The molecule has 0 fully saturated rings. The Balaban J connectivity index is 2.48. The first-order valence-corrected chi connectivity index (χ1v) is 6.76. The summed E-state index contributed by atoms with van der Waals surface area (Å²) in [6.45, 7) is -0.237. The average molecular weight is 358 g/mol. The van der Waals surface area contributed by atoms with Crippen LogP contribution in [0.3, 0.4) is 0 Å². The van der Waals surface area contributed by atoms with E-state index in [2.05, 4.69) is 20.1 Å². The molecule has 0 spiro atoms. The van der Waals surface area contributed by atoms with Crippen LogP contribution in [-0.4, -0.2) is 27.4 Å². The number of rotatable bonds is 6. The summed E-state index contributed by atoms with van der Waals surface area (Å²) in [6, 6.07) is 4.24. The summed E-state index contributed by atoms with van der Waals surface area (Å²) in [5.74, 6) is -0.600. The molecular formula is C12H10ClF2N7O2. The predicted molar refractivity (Wildman–Crippen MR) is 78.7 cm³/mol. The standard InChI is InChI=1S/C12H10ClF2N7O2/c13-7-2-1-6(9(4-19-21-17)24-12(16)23)3-8(7)22-11(10(14)15)18-5-20-22/h1-3,5,9-10H,4H2,(H2,16,23)/t9-/m1/s1. The number of amides is 1. The topological polar surface area (TPSA) is 132 Å². The van der Waals surface area contributed by atoms with Gasteiger partial charge < -0.3 is 10.5 Å². The van der Waals surface area contributed by atoms with Crippen molar-refractivity contribution in [2.45, 2.75) is 12.5 Å². The van der Waals surface area contributed by atoms with E-state index in [-0.39, 0.29) is 17.3 Å². The molecule has 2 N–H and O–H groups in total. The Morgan fingerprint density at radius 3 is 2.92 bits per heavy atom. The monoisotopic (exact) mass is 357 g/mol. The first kappa shape index (κ1) is 17.4. The van der Waals surface area contributed by atoms with Gasteiger partial charge in [0.05, 0.1) is 17.3 Å². The molecule has 126 valence electrons. The zero-order valence-corrected chi connectivity index (χ0v) is 12.6. The molecule has 0 saturated carbocycles. The van der Waals surface area contributed by atoms with E-state index in [0.717, 1.165) is 11.0 Å². The molecule has 1 heterocycles. The summed E-state index contributed by atoms with van der Waals surface area (Å²) in [5, 5.41) is 7.16. The van der Waals surface area contributed by atoms with E-state index >= 15 is 0 Å². The van der Waals surface area contributed by atoms with E-state index in [0.29, 0.717) is 5.56 Å². The molecule has 1 aromatic heterocycles. The van der Waals surface area contributed by atoms with Gasteiger partial charge in [-0.3, -0.25) is 0 Å². The Morgan fingerprint density at radius 2 is 2.29 bits per heavy atom. The predicted octanol–water partition coefficient (Wildman–Crippen LogP) is 3.31. The summed E-state index contributed by atoms with van der Waals surface area (Å²) in [6.07, 6.45) is -4.00. The number of hydrogen-bond donors (Lipinski definition) is 1. The van der Waals surface area contributed by atoms with E-state index in [4.69, 9.17) is 27.6 Å². The Bertz CT molecular complexity index is 787. The van der Waals surface area contributed by atoms with Crippen molar-refractivity contribution in [2.24, 2.45) is 10.8 Å². The number of benzene rings is 1. The number of carbonyl (C=O) groups excluding carboxylic acids is 1. The van der Waals surface area contributed by atoms with Crippen LogP contribution in [0.15, 0.2) is 29.6 Å². The lowest BCUT2D eigenvalue weighted by Crippen LogP contribution is -2.19. The van der Waals surface area contributed by atoms with Crippen molar-refractivity contribution in [1.82, 2.24) is 14.8 Å². The van der Waals surface area contributed by atoms with Gasteiger partial charge in [0.1, 0.15) is 12.4 Å². The summed E-state index contributed by atoms with van der Waals surface area (Å²) < 4.78 is 31.7. The lowest BCUT2D eigenvalue weighted by Gasteiger charge is -2.16. The lowest BCUT2D eigenvalue weighted by atomic mass is 10.1.